The van der Waals surface area contributed by atoms with Gasteiger partial charge in [0.25, 0.3) is 0 Å². The van der Waals surface area contributed by atoms with Crippen molar-refractivity contribution in [3.05, 3.63) is 152 Å². The van der Waals surface area contributed by atoms with E-state index in [2.05, 4.69) is 161 Å². The summed E-state index contributed by atoms with van der Waals surface area (Å²) in [6.07, 6.45) is 0. The molecule has 1 aliphatic heterocycles. The molecule has 8 rings (SSSR count). The van der Waals surface area contributed by atoms with Gasteiger partial charge in [-0.1, -0.05) is 115 Å². The summed E-state index contributed by atoms with van der Waals surface area (Å²) in [5, 5.41) is 0. The Hall–Kier alpha value is -5.41. The number of anilines is 3. The van der Waals surface area contributed by atoms with Crippen molar-refractivity contribution >= 4 is 28.1 Å². The number of hydrogen-bond donors (Lipinski definition) is 0. The van der Waals surface area contributed by atoms with E-state index in [0.29, 0.717) is 0 Å². The second-order valence-corrected chi connectivity index (χ2v) is 10.1. The van der Waals surface area contributed by atoms with Crippen molar-refractivity contribution in [2.45, 2.75) is 0 Å². The molecule has 6 aromatic carbocycles. The molecule has 7 aromatic rings. The number of fused-ring (bicyclic) bond motifs is 2. The van der Waals surface area contributed by atoms with Crippen molar-refractivity contribution in [3.63, 3.8) is 0 Å². The molecule has 3 heteroatoms. The molecule has 0 radical (unpaired) electrons. The Balaban J connectivity index is 1.23. The fourth-order valence-corrected chi connectivity index (χ4v) is 5.84. The van der Waals surface area contributed by atoms with Gasteiger partial charge in [0.05, 0.1) is 28.1 Å². The quantitative estimate of drug-likeness (QED) is 0.234. The molecule has 0 saturated carbocycles. The van der Waals surface area contributed by atoms with Crippen molar-refractivity contribution in [1.82, 2.24) is 9.55 Å². The number of rotatable bonds is 4. The van der Waals surface area contributed by atoms with Crippen LogP contribution in [-0.4, -0.2) is 9.55 Å². The summed E-state index contributed by atoms with van der Waals surface area (Å²) in [6, 6.07) is 53.6. The highest BCUT2D eigenvalue weighted by Crippen LogP contribution is 2.48. The second kappa shape index (κ2) is 9.11. The van der Waals surface area contributed by atoms with Crippen LogP contribution in [0.1, 0.15) is 0 Å². The first-order valence-corrected chi connectivity index (χ1v) is 13.6. The third-order valence-corrected chi connectivity index (χ3v) is 7.74. The minimum atomic E-state index is 0.952. The van der Waals surface area contributed by atoms with Gasteiger partial charge in [-0.25, -0.2) is 4.98 Å². The number of benzene rings is 6. The molecule has 0 aliphatic carbocycles. The summed E-state index contributed by atoms with van der Waals surface area (Å²) in [6.45, 7) is 0. The number of para-hydroxylation sites is 4. The second-order valence-electron chi connectivity index (χ2n) is 10.1. The lowest BCUT2D eigenvalue weighted by atomic mass is 9.99. The SMILES string of the molecule is c1ccc(-c2ccc(-c3ccc(-c4nc5cccc6c5n4-c4ccccc4N6c4ccccc4)cc3)cc2)cc1. The molecular formula is C37H25N3. The largest absolute Gasteiger partial charge is 0.306 e. The van der Waals surface area contributed by atoms with Crippen molar-refractivity contribution in [3.8, 4) is 39.3 Å². The van der Waals surface area contributed by atoms with Crippen molar-refractivity contribution < 1.29 is 0 Å². The van der Waals surface area contributed by atoms with Crippen molar-refractivity contribution in [2.24, 2.45) is 0 Å². The normalized spacial score (nSPS) is 11.9. The number of aromatic nitrogens is 2. The van der Waals surface area contributed by atoms with Gasteiger partial charge in [-0.05, 0) is 58.7 Å². The van der Waals surface area contributed by atoms with Gasteiger partial charge in [0.15, 0.2) is 0 Å². The molecule has 40 heavy (non-hydrogen) atoms. The highest BCUT2D eigenvalue weighted by Gasteiger charge is 2.28. The molecule has 0 amide bonds. The molecule has 0 spiro atoms. The summed E-state index contributed by atoms with van der Waals surface area (Å²) >= 11 is 0. The van der Waals surface area contributed by atoms with Gasteiger partial charge in [0.1, 0.15) is 5.82 Å². The lowest BCUT2D eigenvalue weighted by Gasteiger charge is -2.32. The minimum absolute atomic E-state index is 0.952. The summed E-state index contributed by atoms with van der Waals surface area (Å²) in [5.41, 5.74) is 12.6. The maximum absolute atomic E-state index is 5.17. The summed E-state index contributed by atoms with van der Waals surface area (Å²) in [5.74, 6) is 0.952. The molecule has 0 bridgehead atoms. The maximum atomic E-state index is 5.17. The fourth-order valence-electron chi connectivity index (χ4n) is 5.84. The van der Waals surface area contributed by atoms with E-state index in [1.54, 1.807) is 0 Å². The Morgan fingerprint density at radius 1 is 0.375 bits per heavy atom. The Bertz CT molecular complexity index is 1970. The predicted octanol–water partition coefficient (Wildman–Crippen LogP) is 9.81. The number of hydrogen-bond acceptors (Lipinski definition) is 2. The van der Waals surface area contributed by atoms with Crippen LogP contribution in [0, 0.1) is 0 Å². The van der Waals surface area contributed by atoms with E-state index in [0.717, 1.165) is 45.2 Å². The zero-order valence-electron chi connectivity index (χ0n) is 21.8. The van der Waals surface area contributed by atoms with Crippen LogP contribution < -0.4 is 4.90 Å². The molecule has 1 aliphatic rings. The van der Waals surface area contributed by atoms with Gasteiger partial charge in [0, 0.05) is 11.3 Å². The molecule has 0 fully saturated rings. The van der Waals surface area contributed by atoms with E-state index >= 15 is 0 Å². The van der Waals surface area contributed by atoms with Crippen molar-refractivity contribution in [1.29, 1.82) is 0 Å². The predicted molar refractivity (Wildman–Crippen MR) is 166 cm³/mol. The van der Waals surface area contributed by atoms with Crippen LogP contribution in [0.25, 0.3) is 50.4 Å². The van der Waals surface area contributed by atoms with Crippen LogP contribution in [0.15, 0.2) is 152 Å². The standard InChI is InChI=1S/C37H25N3/c1-3-10-26(11-4-1)27-18-20-28(21-19-27)29-22-24-30(25-23-29)37-38-32-14-9-17-35-36(32)40(37)34-16-8-7-15-33(34)39(35)31-12-5-2-6-13-31/h1-25H. The van der Waals surface area contributed by atoms with Crippen LogP contribution in [-0.2, 0) is 0 Å². The van der Waals surface area contributed by atoms with E-state index in [1.165, 1.54) is 22.3 Å². The van der Waals surface area contributed by atoms with E-state index in [1.807, 2.05) is 0 Å². The van der Waals surface area contributed by atoms with Crippen LogP contribution in [0.4, 0.5) is 17.1 Å². The topological polar surface area (TPSA) is 21.1 Å². The van der Waals surface area contributed by atoms with Gasteiger partial charge in [-0.2, -0.15) is 0 Å². The molecule has 1 aromatic heterocycles. The summed E-state index contributed by atoms with van der Waals surface area (Å²) < 4.78 is 2.32. The first-order valence-electron chi connectivity index (χ1n) is 13.6. The highest BCUT2D eigenvalue weighted by atomic mass is 15.2. The van der Waals surface area contributed by atoms with Gasteiger partial charge >= 0.3 is 0 Å². The van der Waals surface area contributed by atoms with E-state index in [4.69, 9.17) is 4.98 Å². The first kappa shape index (κ1) is 22.6. The van der Waals surface area contributed by atoms with Gasteiger partial charge < -0.3 is 4.90 Å². The molecule has 188 valence electrons. The van der Waals surface area contributed by atoms with Gasteiger partial charge in [-0.3, -0.25) is 4.57 Å². The molecule has 0 atom stereocenters. The lowest BCUT2D eigenvalue weighted by molar-refractivity contribution is 1.06. The maximum Gasteiger partial charge on any atom is 0.145 e. The zero-order chi connectivity index (χ0) is 26.5. The fraction of sp³-hybridized carbons (Fsp3) is 0. The third kappa shape index (κ3) is 3.56. The molecular weight excluding hydrogens is 486 g/mol. The molecule has 0 N–H and O–H groups in total. The Labute approximate surface area is 233 Å². The van der Waals surface area contributed by atoms with E-state index in [-0.39, 0.29) is 0 Å². The van der Waals surface area contributed by atoms with Gasteiger partial charge in [-0.15, -0.1) is 0 Å². The third-order valence-electron chi connectivity index (χ3n) is 7.74. The summed E-state index contributed by atoms with van der Waals surface area (Å²) in [7, 11) is 0. The Kier molecular flexibility index (Phi) is 5.14. The Morgan fingerprint density at radius 2 is 0.875 bits per heavy atom. The van der Waals surface area contributed by atoms with Crippen LogP contribution >= 0.6 is 0 Å². The smallest absolute Gasteiger partial charge is 0.145 e. The van der Waals surface area contributed by atoms with Gasteiger partial charge in [0.2, 0.25) is 0 Å². The first-order chi connectivity index (χ1) is 19.8. The van der Waals surface area contributed by atoms with Crippen LogP contribution in [0.5, 0.6) is 0 Å². The highest BCUT2D eigenvalue weighted by molar-refractivity contribution is 6.03. The monoisotopic (exact) mass is 511 g/mol. The Morgan fingerprint density at radius 3 is 1.52 bits per heavy atom. The number of imidazole rings is 1. The molecule has 0 saturated heterocycles. The van der Waals surface area contributed by atoms with Crippen LogP contribution in [0.2, 0.25) is 0 Å². The average Bonchev–Trinajstić information content (AvgIpc) is 3.43. The van der Waals surface area contributed by atoms with E-state index in [9.17, 15) is 0 Å². The van der Waals surface area contributed by atoms with Crippen LogP contribution in [0.3, 0.4) is 0 Å². The molecule has 0 unspecified atom stereocenters. The average molecular weight is 512 g/mol. The molecule has 2 heterocycles. The number of nitrogens with zero attached hydrogens (tertiary/aromatic N) is 3. The lowest BCUT2D eigenvalue weighted by Crippen LogP contribution is -2.18. The van der Waals surface area contributed by atoms with Crippen molar-refractivity contribution in [2.75, 3.05) is 4.90 Å². The molecule has 3 nitrogen and oxygen atoms in total. The summed E-state index contributed by atoms with van der Waals surface area (Å²) in [4.78, 5) is 7.50. The van der Waals surface area contributed by atoms with E-state index < -0.39 is 0 Å². The minimum Gasteiger partial charge on any atom is -0.306 e. The zero-order valence-corrected chi connectivity index (χ0v) is 21.8.